The first-order valence-electron chi connectivity index (χ1n) is 6.39. The van der Waals surface area contributed by atoms with E-state index in [-0.39, 0.29) is 5.91 Å². The number of nitrogens with zero attached hydrogens (tertiary/aromatic N) is 2. The number of H-pyrrole nitrogens is 1. The number of aromatic nitrogens is 2. The predicted molar refractivity (Wildman–Crippen MR) is 76.5 cm³/mol. The molecule has 0 aliphatic heterocycles. The zero-order valence-electron chi connectivity index (χ0n) is 11.2. The predicted octanol–water partition coefficient (Wildman–Crippen LogP) is 2.51. The second kappa shape index (κ2) is 6.04. The van der Waals surface area contributed by atoms with E-state index in [4.69, 9.17) is 0 Å². The summed E-state index contributed by atoms with van der Waals surface area (Å²) in [5.74, 6) is -0.163. The standard InChI is InChI=1S/C14H18N4O/c1-3-18(4-2)13-7-5-12(6-8-13)17-14(19)11-9-15-16-10-11/h5-10H,3-4H2,1-2H3,(H,15,16)(H,17,19). The summed E-state index contributed by atoms with van der Waals surface area (Å²) in [6.07, 6.45) is 3.07. The first-order chi connectivity index (χ1) is 9.24. The molecule has 0 atom stereocenters. The van der Waals surface area contributed by atoms with E-state index < -0.39 is 0 Å². The number of aromatic amines is 1. The Bertz CT molecular complexity index is 515. The highest BCUT2D eigenvalue weighted by Crippen LogP contribution is 2.18. The van der Waals surface area contributed by atoms with E-state index in [0.717, 1.165) is 24.5 Å². The molecule has 0 fully saturated rings. The van der Waals surface area contributed by atoms with E-state index in [1.54, 1.807) is 6.20 Å². The van der Waals surface area contributed by atoms with Crippen molar-refractivity contribution < 1.29 is 4.79 Å². The number of rotatable bonds is 5. The van der Waals surface area contributed by atoms with Gasteiger partial charge in [0.05, 0.1) is 11.8 Å². The molecular formula is C14H18N4O. The highest BCUT2D eigenvalue weighted by molar-refractivity contribution is 6.03. The summed E-state index contributed by atoms with van der Waals surface area (Å²) < 4.78 is 0. The van der Waals surface area contributed by atoms with Crippen molar-refractivity contribution in [2.45, 2.75) is 13.8 Å². The molecule has 100 valence electrons. The van der Waals surface area contributed by atoms with Crippen LogP contribution in [-0.2, 0) is 0 Å². The molecule has 0 radical (unpaired) electrons. The molecule has 2 N–H and O–H groups in total. The summed E-state index contributed by atoms with van der Waals surface area (Å²) in [5, 5.41) is 9.20. The topological polar surface area (TPSA) is 61.0 Å². The number of benzene rings is 1. The van der Waals surface area contributed by atoms with Crippen molar-refractivity contribution in [3.05, 3.63) is 42.2 Å². The van der Waals surface area contributed by atoms with Gasteiger partial charge in [-0.3, -0.25) is 9.89 Å². The van der Waals surface area contributed by atoms with E-state index >= 15 is 0 Å². The van der Waals surface area contributed by atoms with Crippen molar-refractivity contribution >= 4 is 17.3 Å². The van der Waals surface area contributed by atoms with E-state index in [0.29, 0.717) is 5.56 Å². The fraction of sp³-hybridized carbons (Fsp3) is 0.286. The molecule has 0 bridgehead atoms. The molecule has 2 aromatic rings. The van der Waals surface area contributed by atoms with E-state index in [1.807, 2.05) is 24.3 Å². The monoisotopic (exact) mass is 258 g/mol. The van der Waals surface area contributed by atoms with Crippen LogP contribution < -0.4 is 10.2 Å². The minimum absolute atomic E-state index is 0.163. The molecule has 0 aliphatic carbocycles. The lowest BCUT2D eigenvalue weighted by molar-refractivity contribution is 0.102. The lowest BCUT2D eigenvalue weighted by Gasteiger charge is -2.21. The molecule has 19 heavy (non-hydrogen) atoms. The highest BCUT2D eigenvalue weighted by atomic mass is 16.1. The Morgan fingerprint density at radius 2 is 1.95 bits per heavy atom. The van der Waals surface area contributed by atoms with Gasteiger partial charge in [-0.1, -0.05) is 0 Å². The van der Waals surface area contributed by atoms with Gasteiger partial charge in [0.2, 0.25) is 0 Å². The summed E-state index contributed by atoms with van der Waals surface area (Å²) in [5.41, 5.74) is 2.46. The Morgan fingerprint density at radius 3 is 2.47 bits per heavy atom. The second-order valence-corrected chi connectivity index (χ2v) is 4.16. The van der Waals surface area contributed by atoms with Gasteiger partial charge in [-0.25, -0.2) is 0 Å². The number of anilines is 2. The molecule has 0 aliphatic rings. The molecule has 1 amide bonds. The van der Waals surface area contributed by atoms with Crippen molar-refractivity contribution in [1.29, 1.82) is 0 Å². The molecular weight excluding hydrogens is 240 g/mol. The summed E-state index contributed by atoms with van der Waals surface area (Å²) in [4.78, 5) is 14.1. The minimum atomic E-state index is -0.163. The smallest absolute Gasteiger partial charge is 0.258 e. The molecule has 0 spiro atoms. The van der Waals surface area contributed by atoms with Gasteiger partial charge >= 0.3 is 0 Å². The van der Waals surface area contributed by atoms with Crippen molar-refractivity contribution in [1.82, 2.24) is 10.2 Å². The van der Waals surface area contributed by atoms with Crippen molar-refractivity contribution in [3.8, 4) is 0 Å². The number of carbonyl (C=O) groups is 1. The fourth-order valence-electron chi connectivity index (χ4n) is 1.92. The maximum Gasteiger partial charge on any atom is 0.258 e. The molecule has 1 heterocycles. The zero-order valence-corrected chi connectivity index (χ0v) is 11.2. The van der Waals surface area contributed by atoms with Crippen LogP contribution in [-0.4, -0.2) is 29.2 Å². The maximum atomic E-state index is 11.8. The van der Waals surface area contributed by atoms with E-state index in [9.17, 15) is 4.79 Å². The Hall–Kier alpha value is -2.30. The summed E-state index contributed by atoms with van der Waals surface area (Å²) in [7, 11) is 0. The van der Waals surface area contributed by atoms with Crippen LogP contribution in [0.15, 0.2) is 36.7 Å². The van der Waals surface area contributed by atoms with Crippen LogP contribution in [0.1, 0.15) is 24.2 Å². The van der Waals surface area contributed by atoms with Gasteiger partial charge in [0, 0.05) is 30.7 Å². The van der Waals surface area contributed by atoms with Crippen LogP contribution in [0.5, 0.6) is 0 Å². The Morgan fingerprint density at radius 1 is 1.26 bits per heavy atom. The van der Waals surface area contributed by atoms with E-state index in [1.165, 1.54) is 6.20 Å². The molecule has 0 unspecified atom stereocenters. The third-order valence-electron chi connectivity index (χ3n) is 3.01. The lowest BCUT2D eigenvalue weighted by Crippen LogP contribution is -2.21. The van der Waals surface area contributed by atoms with Crippen molar-refractivity contribution in [2.24, 2.45) is 0 Å². The molecule has 0 saturated carbocycles. The zero-order chi connectivity index (χ0) is 13.7. The van der Waals surface area contributed by atoms with Crippen LogP contribution >= 0.6 is 0 Å². The van der Waals surface area contributed by atoms with Gasteiger partial charge in [-0.2, -0.15) is 5.10 Å². The maximum absolute atomic E-state index is 11.8. The number of hydrogen-bond acceptors (Lipinski definition) is 3. The van der Waals surface area contributed by atoms with Gasteiger partial charge in [0.25, 0.3) is 5.91 Å². The third kappa shape index (κ3) is 3.13. The van der Waals surface area contributed by atoms with Crippen molar-refractivity contribution in [3.63, 3.8) is 0 Å². The number of amides is 1. The van der Waals surface area contributed by atoms with Crippen LogP contribution in [0.25, 0.3) is 0 Å². The summed E-state index contributed by atoms with van der Waals surface area (Å²) in [6, 6.07) is 7.84. The van der Waals surface area contributed by atoms with Crippen molar-refractivity contribution in [2.75, 3.05) is 23.3 Å². The summed E-state index contributed by atoms with van der Waals surface area (Å²) in [6.45, 7) is 6.19. The quantitative estimate of drug-likeness (QED) is 0.866. The average molecular weight is 258 g/mol. The Labute approximate surface area is 112 Å². The van der Waals surface area contributed by atoms with Gasteiger partial charge < -0.3 is 10.2 Å². The highest BCUT2D eigenvalue weighted by Gasteiger charge is 2.07. The van der Waals surface area contributed by atoms with Gasteiger partial charge in [0.1, 0.15) is 0 Å². The van der Waals surface area contributed by atoms with Crippen LogP contribution in [0, 0.1) is 0 Å². The average Bonchev–Trinajstić information content (AvgIpc) is 2.96. The number of carbonyl (C=O) groups excluding carboxylic acids is 1. The third-order valence-corrected chi connectivity index (χ3v) is 3.01. The molecule has 1 aromatic heterocycles. The normalized spacial score (nSPS) is 10.2. The fourth-order valence-corrected chi connectivity index (χ4v) is 1.92. The second-order valence-electron chi connectivity index (χ2n) is 4.16. The summed E-state index contributed by atoms with van der Waals surface area (Å²) >= 11 is 0. The van der Waals surface area contributed by atoms with Gasteiger partial charge in [-0.05, 0) is 38.1 Å². The van der Waals surface area contributed by atoms with Gasteiger partial charge in [-0.15, -0.1) is 0 Å². The lowest BCUT2D eigenvalue weighted by atomic mass is 10.2. The molecule has 5 nitrogen and oxygen atoms in total. The molecule has 1 aromatic carbocycles. The van der Waals surface area contributed by atoms with Crippen LogP contribution in [0.3, 0.4) is 0 Å². The Kier molecular flexibility index (Phi) is 4.18. The van der Waals surface area contributed by atoms with E-state index in [2.05, 4.69) is 34.3 Å². The molecule has 2 rings (SSSR count). The van der Waals surface area contributed by atoms with Crippen LogP contribution in [0.4, 0.5) is 11.4 Å². The number of hydrogen-bond donors (Lipinski definition) is 2. The van der Waals surface area contributed by atoms with Crippen LogP contribution in [0.2, 0.25) is 0 Å². The van der Waals surface area contributed by atoms with Gasteiger partial charge in [0.15, 0.2) is 0 Å². The molecule has 5 heteroatoms. The molecule has 0 saturated heterocycles. The largest absolute Gasteiger partial charge is 0.372 e. The minimum Gasteiger partial charge on any atom is -0.372 e. The SMILES string of the molecule is CCN(CC)c1ccc(NC(=O)c2cn[nH]c2)cc1. The first kappa shape index (κ1) is 13.1. The first-order valence-corrected chi connectivity index (χ1v) is 6.39. The Balaban J connectivity index is 2.05. The number of nitrogens with one attached hydrogen (secondary N) is 2.